The molecule has 74 valence electrons. The van der Waals surface area contributed by atoms with Gasteiger partial charge in [-0.2, -0.15) is 0 Å². The Balaban J connectivity index is 2.76. The zero-order chi connectivity index (χ0) is 10.4. The summed E-state index contributed by atoms with van der Waals surface area (Å²) in [5.41, 5.74) is -0.340. The fraction of sp³-hybridized carbons (Fsp3) is 0.800. The third kappa shape index (κ3) is 1.47. The van der Waals surface area contributed by atoms with Crippen molar-refractivity contribution in [3.63, 3.8) is 0 Å². The van der Waals surface area contributed by atoms with Crippen LogP contribution in [0.4, 0.5) is 0 Å². The zero-order valence-electron chi connectivity index (χ0n) is 8.50. The van der Waals surface area contributed by atoms with E-state index < -0.39 is 11.9 Å². The number of rotatable bonds is 3. The Kier molecular flexibility index (Phi) is 2.22. The summed E-state index contributed by atoms with van der Waals surface area (Å²) in [6.45, 7) is 7.32. The van der Waals surface area contributed by atoms with Gasteiger partial charge in [-0.1, -0.05) is 27.7 Å². The smallest absolute Gasteiger partial charge is 0.307 e. The summed E-state index contributed by atoms with van der Waals surface area (Å²) in [5.74, 6) is -1.57. The van der Waals surface area contributed by atoms with Gasteiger partial charge in [0.05, 0.1) is 5.92 Å². The first-order chi connectivity index (χ1) is 5.80. The summed E-state index contributed by atoms with van der Waals surface area (Å²) < 4.78 is 0. The molecule has 0 aliphatic heterocycles. The Labute approximate surface area is 78.1 Å². The first-order valence-electron chi connectivity index (χ1n) is 4.56. The van der Waals surface area contributed by atoms with Crippen molar-refractivity contribution in [1.82, 2.24) is 0 Å². The van der Waals surface area contributed by atoms with Gasteiger partial charge >= 0.3 is 5.97 Å². The molecule has 1 aliphatic carbocycles. The number of carboxylic acid groups (broad SMARTS) is 1. The summed E-state index contributed by atoms with van der Waals surface area (Å²) in [6, 6.07) is 0. The van der Waals surface area contributed by atoms with E-state index in [0.717, 1.165) is 0 Å². The summed E-state index contributed by atoms with van der Waals surface area (Å²) in [5, 5.41) is 8.84. The molecule has 0 bridgehead atoms. The van der Waals surface area contributed by atoms with Crippen LogP contribution in [0.3, 0.4) is 0 Å². The van der Waals surface area contributed by atoms with Gasteiger partial charge in [0.15, 0.2) is 0 Å². The second-order valence-corrected chi connectivity index (χ2v) is 4.67. The molecule has 0 spiro atoms. The molecule has 1 N–H and O–H groups in total. The Hall–Kier alpha value is -0.860. The second-order valence-electron chi connectivity index (χ2n) is 4.67. The maximum absolute atomic E-state index is 11.6. The average molecular weight is 184 g/mol. The maximum atomic E-state index is 11.6. The minimum Gasteiger partial charge on any atom is -0.481 e. The van der Waals surface area contributed by atoms with Crippen LogP contribution in [0.5, 0.6) is 0 Å². The van der Waals surface area contributed by atoms with Crippen molar-refractivity contribution in [2.75, 3.05) is 0 Å². The molecule has 0 heterocycles. The molecular weight excluding hydrogens is 168 g/mol. The molecule has 13 heavy (non-hydrogen) atoms. The van der Waals surface area contributed by atoms with Gasteiger partial charge in [0.2, 0.25) is 0 Å². The molecule has 1 saturated carbocycles. The van der Waals surface area contributed by atoms with E-state index in [2.05, 4.69) is 0 Å². The predicted molar refractivity (Wildman–Crippen MR) is 48.2 cm³/mol. The van der Waals surface area contributed by atoms with E-state index in [1.807, 2.05) is 27.7 Å². The normalized spacial score (nSPS) is 30.2. The summed E-state index contributed by atoms with van der Waals surface area (Å²) in [7, 11) is 0. The predicted octanol–water partition coefficient (Wildman–Crippen LogP) is 1.57. The fourth-order valence-corrected chi connectivity index (χ4v) is 1.99. The van der Waals surface area contributed by atoms with Crippen LogP contribution in [0, 0.1) is 23.2 Å². The zero-order valence-corrected chi connectivity index (χ0v) is 8.50. The van der Waals surface area contributed by atoms with E-state index in [9.17, 15) is 9.59 Å². The third-order valence-electron chi connectivity index (χ3n) is 2.97. The minimum atomic E-state index is -0.844. The molecule has 1 aliphatic rings. The van der Waals surface area contributed by atoms with Crippen molar-refractivity contribution >= 4 is 11.8 Å². The van der Waals surface area contributed by atoms with Crippen LogP contribution < -0.4 is 0 Å². The van der Waals surface area contributed by atoms with Gasteiger partial charge in [0.25, 0.3) is 0 Å². The molecular formula is C10H16O3. The van der Waals surface area contributed by atoms with E-state index in [-0.39, 0.29) is 23.0 Å². The molecule has 0 radical (unpaired) electrons. The van der Waals surface area contributed by atoms with E-state index in [1.165, 1.54) is 0 Å². The van der Waals surface area contributed by atoms with Gasteiger partial charge < -0.3 is 5.11 Å². The molecule has 3 heteroatoms. The number of carbonyl (C=O) groups excluding carboxylic acids is 1. The van der Waals surface area contributed by atoms with Crippen LogP contribution in [0.15, 0.2) is 0 Å². The first kappa shape index (κ1) is 10.2. The second kappa shape index (κ2) is 2.82. The van der Waals surface area contributed by atoms with Gasteiger partial charge in [-0.15, -0.1) is 0 Å². The third-order valence-corrected chi connectivity index (χ3v) is 2.97. The molecule has 0 amide bonds. The van der Waals surface area contributed by atoms with Crippen molar-refractivity contribution < 1.29 is 14.7 Å². The number of ketones is 1. The van der Waals surface area contributed by atoms with Crippen molar-refractivity contribution in [2.45, 2.75) is 27.7 Å². The van der Waals surface area contributed by atoms with Crippen LogP contribution >= 0.6 is 0 Å². The first-order valence-corrected chi connectivity index (χ1v) is 4.56. The Morgan fingerprint density at radius 1 is 1.23 bits per heavy atom. The quantitative estimate of drug-likeness (QED) is 0.724. The molecule has 0 saturated heterocycles. The highest BCUT2D eigenvalue weighted by Crippen LogP contribution is 2.59. The van der Waals surface area contributed by atoms with E-state index >= 15 is 0 Å². The average Bonchev–Trinajstić information content (AvgIpc) is 2.51. The molecule has 0 aromatic heterocycles. The van der Waals surface area contributed by atoms with Gasteiger partial charge in [0, 0.05) is 11.8 Å². The molecule has 0 aromatic carbocycles. The lowest BCUT2D eigenvalue weighted by atomic mass is 9.99. The lowest BCUT2D eigenvalue weighted by molar-refractivity contribution is -0.140. The SMILES string of the molecule is CC(C)C(=O)[C@H]1[C@H](C(=O)O)C1(C)C. The fourth-order valence-electron chi connectivity index (χ4n) is 1.99. The van der Waals surface area contributed by atoms with E-state index in [1.54, 1.807) is 0 Å². The number of aliphatic carboxylic acids is 1. The molecule has 0 aromatic rings. The number of hydrogen-bond acceptors (Lipinski definition) is 2. The number of carbonyl (C=O) groups is 2. The number of Topliss-reactive ketones (excluding diaryl/α,β-unsaturated/α-hetero) is 1. The van der Waals surface area contributed by atoms with Crippen molar-refractivity contribution in [1.29, 1.82) is 0 Å². The molecule has 2 atom stereocenters. The van der Waals surface area contributed by atoms with Crippen LogP contribution in [-0.4, -0.2) is 16.9 Å². The van der Waals surface area contributed by atoms with Crippen molar-refractivity contribution in [2.24, 2.45) is 23.2 Å². The molecule has 1 rings (SSSR count). The van der Waals surface area contributed by atoms with E-state index in [0.29, 0.717) is 0 Å². The Bertz CT molecular complexity index is 253. The number of carboxylic acids is 1. The monoisotopic (exact) mass is 184 g/mol. The Morgan fingerprint density at radius 3 is 1.92 bits per heavy atom. The standard InChI is InChI=1S/C10H16O3/c1-5(2)8(11)6-7(9(12)13)10(6,3)4/h5-7H,1-4H3,(H,12,13)/t6-,7-/m1/s1. The summed E-state index contributed by atoms with van der Waals surface area (Å²) >= 11 is 0. The highest BCUT2D eigenvalue weighted by Gasteiger charge is 2.65. The lowest BCUT2D eigenvalue weighted by Crippen LogP contribution is -2.13. The van der Waals surface area contributed by atoms with Crippen LogP contribution in [0.25, 0.3) is 0 Å². The molecule has 1 fully saturated rings. The highest BCUT2D eigenvalue weighted by molar-refractivity contribution is 5.93. The summed E-state index contributed by atoms with van der Waals surface area (Å²) in [4.78, 5) is 22.3. The van der Waals surface area contributed by atoms with Crippen LogP contribution in [0.1, 0.15) is 27.7 Å². The van der Waals surface area contributed by atoms with Crippen molar-refractivity contribution in [3.8, 4) is 0 Å². The highest BCUT2D eigenvalue weighted by atomic mass is 16.4. The number of hydrogen-bond donors (Lipinski definition) is 1. The Morgan fingerprint density at radius 2 is 1.69 bits per heavy atom. The molecule has 3 nitrogen and oxygen atoms in total. The van der Waals surface area contributed by atoms with Crippen molar-refractivity contribution in [3.05, 3.63) is 0 Å². The maximum Gasteiger partial charge on any atom is 0.307 e. The van der Waals surface area contributed by atoms with Gasteiger partial charge in [-0.25, -0.2) is 0 Å². The largest absolute Gasteiger partial charge is 0.481 e. The summed E-state index contributed by atoms with van der Waals surface area (Å²) in [6.07, 6.45) is 0. The van der Waals surface area contributed by atoms with Gasteiger partial charge in [-0.05, 0) is 5.41 Å². The van der Waals surface area contributed by atoms with Crippen LogP contribution in [-0.2, 0) is 9.59 Å². The molecule has 0 unspecified atom stereocenters. The minimum absolute atomic E-state index is 0.0615. The lowest BCUT2D eigenvalue weighted by Gasteiger charge is -2.03. The van der Waals surface area contributed by atoms with Gasteiger partial charge in [-0.3, -0.25) is 9.59 Å². The van der Waals surface area contributed by atoms with E-state index in [4.69, 9.17) is 5.11 Å². The van der Waals surface area contributed by atoms with Crippen LogP contribution in [0.2, 0.25) is 0 Å². The topological polar surface area (TPSA) is 54.4 Å². The van der Waals surface area contributed by atoms with Gasteiger partial charge in [0.1, 0.15) is 5.78 Å².